The molecule has 31 heavy (non-hydrogen) atoms. The number of ketones is 2. The Bertz CT molecular complexity index is 910. The van der Waals surface area contributed by atoms with E-state index in [2.05, 4.69) is 0 Å². The first-order valence-electron chi connectivity index (χ1n) is 11.2. The molecule has 6 nitrogen and oxygen atoms in total. The highest BCUT2D eigenvalue weighted by molar-refractivity contribution is 6.01. The summed E-state index contributed by atoms with van der Waals surface area (Å²) in [5.74, 6) is -2.28. The molecule has 0 radical (unpaired) electrons. The van der Waals surface area contributed by atoms with Crippen LogP contribution in [0.3, 0.4) is 0 Å². The van der Waals surface area contributed by atoms with Crippen molar-refractivity contribution >= 4 is 11.6 Å². The molecule has 5 rings (SSSR count). The van der Waals surface area contributed by atoms with Crippen LogP contribution in [0, 0.1) is 28.6 Å². The fourth-order valence-electron chi connectivity index (χ4n) is 8.05. The highest BCUT2D eigenvalue weighted by atomic mass is 19.1. The van der Waals surface area contributed by atoms with Crippen molar-refractivity contribution in [1.29, 1.82) is 0 Å². The lowest BCUT2D eigenvalue weighted by Crippen LogP contribution is -2.64. The molecule has 0 aromatic rings. The first kappa shape index (κ1) is 21.4. The number of allylic oxidation sites excluding steroid dienone is 4. The molecule has 0 aromatic carbocycles. The second kappa shape index (κ2) is 6.34. The third-order valence-electron chi connectivity index (χ3n) is 9.03. The number of carbonyl (C=O) groups excluding carboxylic acids is 2. The Morgan fingerprint density at radius 2 is 1.97 bits per heavy atom. The normalized spacial score (nSPS) is 52.1. The minimum atomic E-state index is -1.37. The Morgan fingerprint density at radius 3 is 2.65 bits per heavy atom. The molecule has 0 spiro atoms. The molecule has 1 aliphatic heterocycles. The van der Waals surface area contributed by atoms with E-state index in [0.717, 1.165) is 0 Å². The van der Waals surface area contributed by atoms with E-state index in [-0.39, 0.29) is 36.4 Å². The molecule has 0 aromatic heterocycles. The minimum absolute atomic E-state index is 0.125. The van der Waals surface area contributed by atoms with Gasteiger partial charge in [0.25, 0.3) is 0 Å². The van der Waals surface area contributed by atoms with E-state index in [1.54, 1.807) is 19.9 Å². The molecule has 1 heterocycles. The molecular formula is C24H31FO6. The van der Waals surface area contributed by atoms with Gasteiger partial charge in [0.1, 0.15) is 12.8 Å². The third kappa shape index (κ3) is 2.52. The highest BCUT2D eigenvalue weighted by Crippen LogP contribution is 2.70. The van der Waals surface area contributed by atoms with E-state index < -0.39 is 53.0 Å². The molecule has 0 bridgehead atoms. The molecule has 170 valence electrons. The van der Waals surface area contributed by atoms with Crippen LogP contribution < -0.4 is 0 Å². The van der Waals surface area contributed by atoms with Gasteiger partial charge in [0, 0.05) is 16.7 Å². The number of hydrogen-bond acceptors (Lipinski definition) is 6. The second-order valence-electron chi connectivity index (χ2n) is 11.0. The van der Waals surface area contributed by atoms with Crippen LogP contribution in [0.4, 0.5) is 4.39 Å². The number of aliphatic hydroxyl groups is 2. The summed E-state index contributed by atoms with van der Waals surface area (Å²) in [6, 6.07) is 0. The highest BCUT2D eigenvalue weighted by Gasteiger charge is 2.77. The Hall–Kier alpha value is -1.41. The van der Waals surface area contributed by atoms with E-state index in [1.165, 1.54) is 12.2 Å². The summed E-state index contributed by atoms with van der Waals surface area (Å²) in [6.07, 6.45) is 2.90. The van der Waals surface area contributed by atoms with E-state index >= 15 is 4.39 Å². The Kier molecular flexibility index (Phi) is 4.38. The van der Waals surface area contributed by atoms with Crippen LogP contribution in [-0.4, -0.2) is 58.2 Å². The van der Waals surface area contributed by atoms with E-state index in [4.69, 9.17) is 9.47 Å². The van der Waals surface area contributed by atoms with Gasteiger partial charge in [-0.05, 0) is 62.7 Å². The molecule has 4 fully saturated rings. The van der Waals surface area contributed by atoms with Crippen molar-refractivity contribution in [3.8, 4) is 0 Å². The van der Waals surface area contributed by atoms with Crippen molar-refractivity contribution < 1.29 is 33.7 Å². The quantitative estimate of drug-likeness (QED) is 0.693. The maximum absolute atomic E-state index is 15.4. The summed E-state index contributed by atoms with van der Waals surface area (Å²) < 4.78 is 27.9. The lowest BCUT2D eigenvalue weighted by atomic mass is 9.46. The Balaban J connectivity index is 1.62. The predicted molar refractivity (Wildman–Crippen MR) is 109 cm³/mol. The molecule has 3 saturated carbocycles. The monoisotopic (exact) mass is 434 g/mol. The SMILES string of the molecule is CC1(C)O[C@@H]2C[C@@H]3[C@H]4C[C@H](F)C5=CC(=O)C=C[C@]5(C)[C@@H]4[C@@H](O)C[C@@]3(C)[C@@]2(C(=O)CO)O1. The van der Waals surface area contributed by atoms with Gasteiger partial charge in [-0.1, -0.05) is 19.9 Å². The predicted octanol–water partition coefficient (Wildman–Crippen LogP) is 2.27. The summed E-state index contributed by atoms with van der Waals surface area (Å²) >= 11 is 0. The lowest BCUT2D eigenvalue weighted by molar-refractivity contribution is -0.226. The number of fused-ring (bicyclic) bond motifs is 7. The standard InChI is InChI=1S/C24H31FO6/c1-21(2)30-19-9-14-13-8-16(25)15-7-12(27)5-6-22(15,3)20(13)17(28)10-23(14,4)24(19,31-21)18(29)11-26/h5-7,13-14,16-17,19-20,26,28H,8-11H2,1-4H3/t13-,14-,16+,17+,19-,20+,22+,23-,24+/m1/s1. The van der Waals surface area contributed by atoms with Gasteiger partial charge in [-0.2, -0.15) is 0 Å². The molecule has 5 aliphatic rings. The lowest BCUT2D eigenvalue weighted by Gasteiger charge is -2.60. The Morgan fingerprint density at radius 1 is 1.26 bits per heavy atom. The topological polar surface area (TPSA) is 93.1 Å². The molecule has 9 atom stereocenters. The second-order valence-corrected chi connectivity index (χ2v) is 11.0. The van der Waals surface area contributed by atoms with Crippen LogP contribution >= 0.6 is 0 Å². The molecule has 2 N–H and O–H groups in total. The van der Waals surface area contributed by atoms with Gasteiger partial charge in [0.15, 0.2) is 23.0 Å². The molecule has 7 heteroatoms. The van der Waals surface area contributed by atoms with Crippen molar-refractivity contribution in [2.45, 2.75) is 76.7 Å². The fourth-order valence-corrected chi connectivity index (χ4v) is 8.05. The number of rotatable bonds is 2. The number of alkyl halides is 1. The van der Waals surface area contributed by atoms with Crippen molar-refractivity contribution in [1.82, 2.24) is 0 Å². The largest absolute Gasteiger partial charge is 0.393 e. The zero-order valence-electron chi connectivity index (χ0n) is 18.4. The van der Waals surface area contributed by atoms with Crippen molar-refractivity contribution in [3.63, 3.8) is 0 Å². The van der Waals surface area contributed by atoms with Crippen molar-refractivity contribution in [2.75, 3.05) is 6.61 Å². The number of carbonyl (C=O) groups is 2. The van der Waals surface area contributed by atoms with Crippen LogP contribution in [0.15, 0.2) is 23.8 Å². The van der Waals surface area contributed by atoms with Crippen LogP contribution in [0.5, 0.6) is 0 Å². The van der Waals surface area contributed by atoms with Gasteiger partial charge in [-0.15, -0.1) is 0 Å². The van der Waals surface area contributed by atoms with Crippen molar-refractivity contribution in [2.24, 2.45) is 28.6 Å². The molecule has 4 aliphatic carbocycles. The van der Waals surface area contributed by atoms with Crippen LogP contribution in [0.1, 0.15) is 47.0 Å². The number of ether oxygens (including phenoxy) is 2. The maximum Gasteiger partial charge on any atom is 0.193 e. The number of hydrogen-bond donors (Lipinski definition) is 2. The number of Topliss-reactive ketones (excluding diaryl/α,β-unsaturated/α-hetero) is 1. The maximum atomic E-state index is 15.4. The summed E-state index contributed by atoms with van der Waals surface area (Å²) in [7, 11) is 0. The first-order chi connectivity index (χ1) is 14.4. The average Bonchev–Trinajstić information content (AvgIpc) is 3.08. The first-order valence-corrected chi connectivity index (χ1v) is 11.2. The van der Waals surface area contributed by atoms with Crippen LogP contribution in [0.2, 0.25) is 0 Å². The van der Waals surface area contributed by atoms with Gasteiger partial charge >= 0.3 is 0 Å². The molecular weight excluding hydrogens is 403 g/mol. The minimum Gasteiger partial charge on any atom is -0.393 e. The van der Waals surface area contributed by atoms with Gasteiger partial charge < -0.3 is 19.7 Å². The zero-order chi connectivity index (χ0) is 22.6. The van der Waals surface area contributed by atoms with Gasteiger partial charge in [0.05, 0.1) is 12.2 Å². The smallest absolute Gasteiger partial charge is 0.193 e. The van der Waals surface area contributed by atoms with Gasteiger partial charge in [0.2, 0.25) is 0 Å². The third-order valence-corrected chi connectivity index (χ3v) is 9.03. The summed E-state index contributed by atoms with van der Waals surface area (Å²) in [4.78, 5) is 25.1. The zero-order valence-corrected chi connectivity index (χ0v) is 18.4. The molecule has 0 amide bonds. The summed E-state index contributed by atoms with van der Waals surface area (Å²) in [5, 5.41) is 21.3. The molecule has 1 saturated heterocycles. The van der Waals surface area contributed by atoms with E-state index in [1.807, 2.05) is 13.8 Å². The van der Waals surface area contributed by atoms with E-state index in [0.29, 0.717) is 12.0 Å². The van der Waals surface area contributed by atoms with E-state index in [9.17, 15) is 19.8 Å². The van der Waals surface area contributed by atoms with Gasteiger partial charge in [-0.3, -0.25) is 9.59 Å². The van der Waals surface area contributed by atoms with Crippen molar-refractivity contribution in [3.05, 3.63) is 23.8 Å². The summed E-state index contributed by atoms with van der Waals surface area (Å²) in [5.41, 5.74) is -2.50. The summed E-state index contributed by atoms with van der Waals surface area (Å²) in [6.45, 7) is 6.65. The number of halogens is 1. The molecule has 0 unspecified atom stereocenters. The van der Waals surface area contributed by atoms with Crippen LogP contribution in [0.25, 0.3) is 0 Å². The fraction of sp³-hybridized carbons (Fsp3) is 0.750. The average molecular weight is 435 g/mol. The van der Waals surface area contributed by atoms with Crippen LogP contribution in [-0.2, 0) is 19.1 Å². The number of aliphatic hydroxyl groups excluding tert-OH is 2. The van der Waals surface area contributed by atoms with Gasteiger partial charge in [-0.25, -0.2) is 4.39 Å². The Labute approximate surface area is 181 Å².